The first-order chi connectivity index (χ1) is 17.6. The molecule has 0 saturated heterocycles. The van der Waals surface area contributed by atoms with E-state index in [-0.39, 0.29) is 31.3 Å². The van der Waals surface area contributed by atoms with Gasteiger partial charge in [0, 0.05) is 19.4 Å². The average Bonchev–Trinajstić information content (AvgIpc) is 2.86. The van der Waals surface area contributed by atoms with Crippen molar-refractivity contribution < 1.29 is 33.7 Å². The third-order valence-corrected chi connectivity index (χ3v) is 5.64. The van der Waals surface area contributed by atoms with Crippen LogP contribution in [0.1, 0.15) is 110 Å². The fourth-order valence-corrected chi connectivity index (χ4v) is 3.52. The van der Waals surface area contributed by atoms with E-state index in [1.54, 1.807) is 0 Å². The van der Waals surface area contributed by atoms with Gasteiger partial charge in [-0.15, -0.1) is 0 Å². The first-order valence-corrected chi connectivity index (χ1v) is 14.0. The van der Waals surface area contributed by atoms with Crippen LogP contribution < -0.4 is 5.32 Å². The molecule has 0 heterocycles. The highest BCUT2D eigenvalue weighted by molar-refractivity contribution is 5.80. The van der Waals surface area contributed by atoms with Crippen molar-refractivity contribution in [3.05, 3.63) is 12.2 Å². The monoisotopic (exact) mass is 513 g/mol. The average molecular weight is 514 g/mol. The molecule has 8 heteroatoms. The van der Waals surface area contributed by atoms with Gasteiger partial charge in [0.25, 0.3) is 0 Å². The quantitative estimate of drug-likeness (QED) is 0.0837. The van der Waals surface area contributed by atoms with E-state index >= 15 is 0 Å². The van der Waals surface area contributed by atoms with E-state index in [9.17, 15) is 14.4 Å². The fraction of sp³-hybridized carbons (Fsp3) is 0.821. The summed E-state index contributed by atoms with van der Waals surface area (Å²) in [5, 5.41) is 11.1. The lowest BCUT2D eigenvalue weighted by Crippen LogP contribution is -2.28. The van der Waals surface area contributed by atoms with E-state index in [1.165, 1.54) is 57.8 Å². The molecule has 0 aliphatic heterocycles. The van der Waals surface area contributed by atoms with Gasteiger partial charge in [0.1, 0.15) is 6.61 Å². The first kappa shape index (κ1) is 34.1. The predicted octanol–water partition coefficient (Wildman–Crippen LogP) is 5.58. The van der Waals surface area contributed by atoms with Crippen LogP contribution in [0.4, 0.5) is 0 Å². The number of rotatable bonds is 27. The predicted molar refractivity (Wildman–Crippen MR) is 142 cm³/mol. The molecule has 0 spiro atoms. The maximum atomic E-state index is 11.7. The smallest absolute Gasteiger partial charge is 0.305 e. The number of ether oxygens (including phenoxy) is 3. The van der Waals surface area contributed by atoms with Gasteiger partial charge < -0.3 is 24.6 Å². The molecule has 0 aromatic carbocycles. The van der Waals surface area contributed by atoms with Gasteiger partial charge in [-0.2, -0.15) is 0 Å². The Morgan fingerprint density at radius 1 is 0.667 bits per heavy atom. The molecule has 0 bridgehead atoms. The maximum absolute atomic E-state index is 11.7. The molecular weight excluding hydrogens is 462 g/mol. The lowest BCUT2D eigenvalue weighted by atomic mass is 10.1. The second kappa shape index (κ2) is 27.7. The van der Waals surface area contributed by atoms with Crippen molar-refractivity contribution in [3.63, 3.8) is 0 Å². The molecule has 0 saturated carbocycles. The number of nitrogens with one attached hydrogen (secondary N) is 1. The number of esters is 1. The number of unbranched alkanes of at least 4 members (excludes halogenated alkanes) is 11. The summed E-state index contributed by atoms with van der Waals surface area (Å²) in [6, 6.07) is 0. The van der Waals surface area contributed by atoms with Crippen molar-refractivity contribution in [2.75, 3.05) is 39.6 Å². The summed E-state index contributed by atoms with van der Waals surface area (Å²) in [5.74, 6) is -1.47. The Morgan fingerprint density at radius 2 is 1.22 bits per heavy atom. The molecular formula is C28H51NO7. The van der Waals surface area contributed by atoms with Crippen molar-refractivity contribution in [3.8, 4) is 0 Å². The van der Waals surface area contributed by atoms with Crippen LogP contribution in [0.5, 0.6) is 0 Å². The molecule has 0 fully saturated rings. The van der Waals surface area contributed by atoms with Gasteiger partial charge >= 0.3 is 11.9 Å². The Morgan fingerprint density at radius 3 is 1.86 bits per heavy atom. The van der Waals surface area contributed by atoms with Gasteiger partial charge in [0.15, 0.2) is 0 Å². The minimum absolute atomic E-state index is 0.0333. The number of carboxylic acid groups (broad SMARTS) is 1. The van der Waals surface area contributed by atoms with Crippen LogP contribution in [-0.2, 0) is 28.6 Å². The molecule has 0 rings (SSSR count). The summed E-state index contributed by atoms with van der Waals surface area (Å²) in [7, 11) is 0. The molecule has 2 N–H and O–H groups in total. The third kappa shape index (κ3) is 28.3. The van der Waals surface area contributed by atoms with Gasteiger partial charge in [-0.3, -0.25) is 14.4 Å². The number of hydrogen-bond acceptors (Lipinski definition) is 6. The number of carbonyl (C=O) groups is 3. The highest BCUT2D eigenvalue weighted by Gasteiger charge is 2.04. The zero-order chi connectivity index (χ0) is 26.5. The van der Waals surface area contributed by atoms with Gasteiger partial charge in [-0.05, 0) is 32.1 Å². The van der Waals surface area contributed by atoms with Crippen LogP contribution in [0, 0.1) is 0 Å². The van der Waals surface area contributed by atoms with Crippen molar-refractivity contribution in [2.45, 2.75) is 110 Å². The molecule has 0 atom stereocenters. The topological polar surface area (TPSA) is 111 Å². The number of aliphatic carboxylic acids is 1. The normalized spacial score (nSPS) is 11.1. The van der Waals surface area contributed by atoms with E-state index in [1.807, 2.05) is 0 Å². The van der Waals surface area contributed by atoms with Crippen molar-refractivity contribution in [1.29, 1.82) is 0 Å². The Labute approximate surface area is 218 Å². The summed E-state index contributed by atoms with van der Waals surface area (Å²) in [6.45, 7) is 4.21. The van der Waals surface area contributed by atoms with Crippen LogP contribution in [0.25, 0.3) is 0 Å². The van der Waals surface area contributed by atoms with Gasteiger partial charge in [-0.1, -0.05) is 70.4 Å². The van der Waals surface area contributed by atoms with E-state index in [0.29, 0.717) is 39.4 Å². The van der Waals surface area contributed by atoms with Crippen LogP contribution in [0.2, 0.25) is 0 Å². The molecule has 0 aromatic rings. The Balaban J connectivity index is 3.27. The number of allylic oxidation sites excluding steroid dienone is 2. The lowest BCUT2D eigenvalue weighted by molar-refractivity contribution is -0.145. The number of carbonyl (C=O) groups excluding carboxylic acids is 2. The molecule has 36 heavy (non-hydrogen) atoms. The van der Waals surface area contributed by atoms with Crippen LogP contribution in [0.3, 0.4) is 0 Å². The summed E-state index contributed by atoms with van der Waals surface area (Å²) >= 11 is 0. The standard InChI is InChI=1S/C28H51NO7/c1-2-3-4-5-6-7-8-9-10-11-12-13-14-15-16-17-28(33)36-25-24-35-23-22-34-21-20-29-26(30)18-19-27(31)32/h9-10H,2-8,11-25H2,1H3,(H,29,30)(H,31,32)/b10-9-. The van der Waals surface area contributed by atoms with Gasteiger partial charge in [0.2, 0.25) is 5.91 Å². The molecule has 1 amide bonds. The SMILES string of the molecule is CCCCCCCC/C=C\CCCCCCCC(=O)OCCOCCOCCNC(=O)CCC(=O)O. The van der Waals surface area contributed by atoms with Crippen molar-refractivity contribution in [2.24, 2.45) is 0 Å². The van der Waals surface area contributed by atoms with E-state index in [2.05, 4.69) is 24.4 Å². The Kier molecular flexibility index (Phi) is 26.2. The van der Waals surface area contributed by atoms with Gasteiger partial charge in [0.05, 0.1) is 32.8 Å². The lowest BCUT2D eigenvalue weighted by Gasteiger charge is -2.08. The zero-order valence-corrected chi connectivity index (χ0v) is 22.6. The minimum Gasteiger partial charge on any atom is -0.481 e. The molecule has 0 aliphatic rings. The van der Waals surface area contributed by atoms with Crippen LogP contribution >= 0.6 is 0 Å². The highest BCUT2D eigenvalue weighted by atomic mass is 16.6. The number of carboxylic acids is 1. The maximum Gasteiger partial charge on any atom is 0.305 e. The Hall–Kier alpha value is -1.93. The third-order valence-electron chi connectivity index (χ3n) is 5.64. The molecule has 0 unspecified atom stereocenters. The molecule has 8 nitrogen and oxygen atoms in total. The summed E-state index contributed by atoms with van der Waals surface area (Å²) in [4.78, 5) is 33.4. The largest absolute Gasteiger partial charge is 0.481 e. The number of hydrogen-bond donors (Lipinski definition) is 2. The molecule has 0 radical (unpaired) electrons. The van der Waals surface area contributed by atoms with Gasteiger partial charge in [-0.25, -0.2) is 0 Å². The van der Waals surface area contributed by atoms with Crippen molar-refractivity contribution in [1.82, 2.24) is 5.32 Å². The van der Waals surface area contributed by atoms with Crippen LogP contribution in [-0.4, -0.2) is 62.5 Å². The van der Waals surface area contributed by atoms with Crippen molar-refractivity contribution >= 4 is 17.8 Å². The Bertz CT molecular complexity index is 566. The van der Waals surface area contributed by atoms with E-state index < -0.39 is 5.97 Å². The first-order valence-electron chi connectivity index (χ1n) is 14.0. The molecule has 0 aliphatic carbocycles. The zero-order valence-electron chi connectivity index (χ0n) is 22.6. The summed E-state index contributed by atoms with van der Waals surface area (Å²) in [5.41, 5.74) is 0. The second-order valence-electron chi connectivity index (χ2n) is 9.02. The summed E-state index contributed by atoms with van der Waals surface area (Å²) in [6.07, 6.45) is 20.9. The second-order valence-corrected chi connectivity index (χ2v) is 9.02. The summed E-state index contributed by atoms with van der Waals surface area (Å²) < 4.78 is 15.8. The van der Waals surface area contributed by atoms with E-state index in [4.69, 9.17) is 19.3 Å². The minimum atomic E-state index is -0.993. The highest BCUT2D eigenvalue weighted by Crippen LogP contribution is 2.10. The molecule has 210 valence electrons. The number of amides is 1. The van der Waals surface area contributed by atoms with Crippen LogP contribution in [0.15, 0.2) is 12.2 Å². The van der Waals surface area contributed by atoms with E-state index in [0.717, 1.165) is 25.7 Å². The fourth-order valence-electron chi connectivity index (χ4n) is 3.52. The molecule has 0 aromatic heterocycles.